The fourth-order valence-electron chi connectivity index (χ4n) is 4.08. The number of imidazole rings is 1. The van der Waals surface area contributed by atoms with Gasteiger partial charge in [-0.25, -0.2) is 15.0 Å². The first-order chi connectivity index (χ1) is 16.3. The number of ether oxygens (including phenoxy) is 2. The molecule has 0 radical (unpaired) electrons. The van der Waals surface area contributed by atoms with Gasteiger partial charge in [-0.15, -0.1) is 11.8 Å². The summed E-state index contributed by atoms with van der Waals surface area (Å²) in [6.45, 7) is 1.22. The second-order valence-electron chi connectivity index (χ2n) is 8.10. The summed E-state index contributed by atoms with van der Waals surface area (Å²) in [5.74, 6) is 0.529. The van der Waals surface area contributed by atoms with Crippen molar-refractivity contribution in [2.24, 2.45) is 0 Å². The zero-order valence-electron chi connectivity index (χ0n) is 17.7. The molecular weight excluding hydrogens is 475 g/mol. The van der Waals surface area contributed by atoms with E-state index < -0.39 is 36.3 Å². The molecule has 0 saturated carbocycles. The number of halogens is 3. The van der Waals surface area contributed by atoms with Gasteiger partial charge < -0.3 is 25.0 Å². The molecule has 3 aromatic rings. The van der Waals surface area contributed by atoms with E-state index in [4.69, 9.17) is 9.47 Å². The fraction of sp³-hybridized carbons (Fsp3) is 0.476. The summed E-state index contributed by atoms with van der Waals surface area (Å²) in [4.78, 5) is 12.9. The maximum Gasteiger partial charge on any atom is 0.417 e. The van der Waals surface area contributed by atoms with E-state index in [1.807, 2.05) is 0 Å². The van der Waals surface area contributed by atoms with Crippen LogP contribution in [0.5, 0.6) is 0 Å². The third-order valence-corrected chi connectivity index (χ3v) is 7.00. The Hall–Kier alpha value is -2.45. The number of benzene rings is 1. The lowest BCUT2D eigenvalue weighted by Crippen LogP contribution is -2.32. The Morgan fingerprint density at radius 1 is 1.15 bits per heavy atom. The minimum Gasteiger partial charge on any atom is -0.387 e. The van der Waals surface area contributed by atoms with Gasteiger partial charge in [-0.1, -0.05) is 12.1 Å². The van der Waals surface area contributed by atoms with Crippen LogP contribution in [0.2, 0.25) is 0 Å². The Balaban J connectivity index is 1.33. The molecule has 2 aliphatic rings. The zero-order valence-corrected chi connectivity index (χ0v) is 18.5. The molecule has 4 heterocycles. The van der Waals surface area contributed by atoms with E-state index in [-0.39, 0.29) is 16.7 Å². The van der Waals surface area contributed by atoms with E-state index in [2.05, 4.69) is 20.3 Å². The molecule has 3 N–H and O–H groups in total. The average Bonchev–Trinajstić information content (AvgIpc) is 3.54. The fourth-order valence-corrected chi connectivity index (χ4v) is 5.21. The van der Waals surface area contributed by atoms with Crippen LogP contribution in [-0.2, 0) is 15.7 Å². The van der Waals surface area contributed by atoms with Gasteiger partial charge in [0.15, 0.2) is 23.2 Å². The Kier molecular flexibility index (Phi) is 6.37. The van der Waals surface area contributed by atoms with Crippen molar-refractivity contribution in [2.45, 2.75) is 48.1 Å². The van der Waals surface area contributed by atoms with Crippen molar-refractivity contribution in [3.8, 4) is 0 Å². The number of aliphatic hydroxyl groups excluding tert-OH is 2. The number of hydrogen-bond donors (Lipinski definition) is 3. The van der Waals surface area contributed by atoms with Gasteiger partial charge in [-0.3, -0.25) is 4.57 Å². The molecule has 2 unspecified atom stereocenters. The molecule has 2 saturated heterocycles. The maximum atomic E-state index is 13.3. The van der Waals surface area contributed by atoms with Gasteiger partial charge in [0.1, 0.15) is 18.5 Å². The predicted octanol–water partition coefficient (Wildman–Crippen LogP) is 2.46. The van der Waals surface area contributed by atoms with Crippen LogP contribution in [0.1, 0.15) is 18.2 Å². The molecule has 2 fully saturated rings. The minimum absolute atomic E-state index is 0.0118. The predicted molar refractivity (Wildman–Crippen MR) is 116 cm³/mol. The summed E-state index contributed by atoms with van der Waals surface area (Å²) >= 11 is 0.912. The molecule has 5 rings (SSSR count). The highest BCUT2D eigenvalue weighted by molar-refractivity contribution is 7.99. The molecule has 0 amide bonds. The first kappa shape index (κ1) is 23.3. The standard InChI is InChI=1S/C21H22F3N5O4S/c22-21(23,24)12-3-1-2-4-14(12)34-8-13-16(30)17(31)20(33-13)29-10-27-15-18(25-9-26-19(15)29)28-11-5-6-32-7-11/h1-4,9-11,13,16-17,20,30-31H,5-8H2,(H,25,26,28)/t11?,13-,16-,17-,20?/m1/s1. The van der Waals surface area contributed by atoms with E-state index in [1.165, 1.54) is 35.4 Å². The quantitative estimate of drug-likeness (QED) is 0.442. The lowest BCUT2D eigenvalue weighted by Gasteiger charge is -2.17. The highest BCUT2D eigenvalue weighted by Crippen LogP contribution is 2.39. The summed E-state index contributed by atoms with van der Waals surface area (Å²) in [6, 6.07) is 5.31. The number of aliphatic hydroxyl groups is 2. The first-order valence-corrected chi connectivity index (χ1v) is 11.6. The molecule has 34 heavy (non-hydrogen) atoms. The number of alkyl halides is 3. The number of rotatable bonds is 6. The lowest BCUT2D eigenvalue weighted by atomic mass is 10.1. The molecule has 5 atom stereocenters. The van der Waals surface area contributed by atoms with Gasteiger partial charge >= 0.3 is 6.18 Å². The number of nitrogens with one attached hydrogen (secondary N) is 1. The molecule has 2 aromatic heterocycles. The summed E-state index contributed by atoms with van der Waals surface area (Å²) in [7, 11) is 0. The molecule has 2 aliphatic heterocycles. The van der Waals surface area contributed by atoms with Gasteiger partial charge in [0.25, 0.3) is 0 Å². The van der Waals surface area contributed by atoms with Crippen molar-refractivity contribution in [2.75, 3.05) is 24.3 Å². The van der Waals surface area contributed by atoms with E-state index in [0.29, 0.717) is 30.2 Å². The van der Waals surface area contributed by atoms with Crippen molar-refractivity contribution < 1.29 is 32.9 Å². The molecule has 0 bridgehead atoms. The first-order valence-electron chi connectivity index (χ1n) is 10.7. The summed E-state index contributed by atoms with van der Waals surface area (Å²) < 4.78 is 52.6. The van der Waals surface area contributed by atoms with Crippen LogP contribution >= 0.6 is 11.8 Å². The number of hydrogen-bond acceptors (Lipinski definition) is 9. The summed E-state index contributed by atoms with van der Waals surface area (Å²) in [6.07, 6.45) is -5.41. The second-order valence-corrected chi connectivity index (χ2v) is 9.16. The number of thioether (sulfide) groups is 1. The van der Waals surface area contributed by atoms with Gasteiger partial charge in [0, 0.05) is 17.3 Å². The zero-order chi connectivity index (χ0) is 23.9. The second kappa shape index (κ2) is 9.30. The molecule has 9 nitrogen and oxygen atoms in total. The van der Waals surface area contributed by atoms with Crippen LogP contribution in [0, 0.1) is 0 Å². The summed E-state index contributed by atoms with van der Waals surface area (Å²) in [5.41, 5.74) is 0.106. The third-order valence-electron chi connectivity index (χ3n) is 5.84. The largest absolute Gasteiger partial charge is 0.417 e. The number of nitrogens with zero attached hydrogens (tertiary/aromatic N) is 4. The Bertz CT molecular complexity index is 1160. The molecule has 1 aromatic carbocycles. The maximum absolute atomic E-state index is 13.3. The smallest absolute Gasteiger partial charge is 0.387 e. The van der Waals surface area contributed by atoms with Crippen molar-refractivity contribution in [1.29, 1.82) is 0 Å². The Morgan fingerprint density at radius 3 is 2.74 bits per heavy atom. The van der Waals surface area contributed by atoms with Gasteiger partial charge in [-0.05, 0) is 18.6 Å². The number of fused-ring (bicyclic) bond motifs is 1. The average molecular weight is 497 g/mol. The monoisotopic (exact) mass is 497 g/mol. The molecule has 0 aliphatic carbocycles. The normalized spacial score (nSPS) is 27.5. The van der Waals surface area contributed by atoms with Crippen molar-refractivity contribution in [1.82, 2.24) is 19.5 Å². The molecule has 182 valence electrons. The highest BCUT2D eigenvalue weighted by atomic mass is 32.2. The number of anilines is 1. The molecular formula is C21H22F3N5O4S. The third kappa shape index (κ3) is 4.45. The van der Waals surface area contributed by atoms with Gasteiger partial charge in [0.2, 0.25) is 0 Å². The van der Waals surface area contributed by atoms with Gasteiger partial charge in [-0.2, -0.15) is 13.2 Å². The summed E-state index contributed by atoms with van der Waals surface area (Å²) in [5, 5.41) is 24.5. The lowest BCUT2D eigenvalue weighted by molar-refractivity contribution is -0.139. The Morgan fingerprint density at radius 2 is 1.97 bits per heavy atom. The van der Waals surface area contributed by atoms with E-state index >= 15 is 0 Å². The molecule has 13 heteroatoms. The topological polar surface area (TPSA) is 115 Å². The van der Waals surface area contributed by atoms with Gasteiger partial charge in [0.05, 0.1) is 30.6 Å². The van der Waals surface area contributed by atoms with Crippen LogP contribution in [0.25, 0.3) is 11.2 Å². The van der Waals surface area contributed by atoms with Crippen molar-refractivity contribution >= 4 is 28.7 Å². The van der Waals surface area contributed by atoms with Crippen LogP contribution in [0.15, 0.2) is 41.8 Å². The van der Waals surface area contributed by atoms with Crippen LogP contribution < -0.4 is 5.32 Å². The molecule has 0 spiro atoms. The van der Waals surface area contributed by atoms with Crippen molar-refractivity contribution in [3.05, 3.63) is 42.5 Å². The van der Waals surface area contributed by atoms with Crippen LogP contribution in [0.3, 0.4) is 0 Å². The minimum atomic E-state index is -4.49. The van der Waals surface area contributed by atoms with Crippen LogP contribution in [0.4, 0.5) is 19.0 Å². The Labute approximate surface area is 196 Å². The SMILES string of the molecule is O[C@@H]1[C@@H](CSc2ccccc2C(F)(F)F)OC(n2cnc3c(NC4CCOC4)ncnc32)[C@@H]1O. The van der Waals surface area contributed by atoms with E-state index in [1.54, 1.807) is 0 Å². The van der Waals surface area contributed by atoms with Crippen molar-refractivity contribution in [3.63, 3.8) is 0 Å². The van der Waals surface area contributed by atoms with Crippen LogP contribution in [-0.4, -0.2) is 73.1 Å². The highest BCUT2D eigenvalue weighted by Gasteiger charge is 2.44. The van der Waals surface area contributed by atoms with E-state index in [9.17, 15) is 23.4 Å². The van der Waals surface area contributed by atoms with E-state index in [0.717, 1.165) is 24.2 Å². The number of aromatic nitrogens is 4.